The van der Waals surface area contributed by atoms with Crippen molar-refractivity contribution in [2.24, 2.45) is 13.0 Å². The first-order chi connectivity index (χ1) is 9.04. The second-order valence-corrected chi connectivity index (χ2v) is 4.46. The molecule has 0 aromatic carbocycles. The van der Waals surface area contributed by atoms with E-state index in [4.69, 9.17) is 5.11 Å². The van der Waals surface area contributed by atoms with Gasteiger partial charge in [-0.15, -0.1) is 0 Å². The normalized spacial score (nSPS) is 21.9. The largest absolute Gasteiger partial charge is 0.481 e. The zero-order valence-corrected chi connectivity index (χ0v) is 10.5. The fourth-order valence-corrected chi connectivity index (χ4v) is 1.92. The molecule has 2 rings (SSSR count). The van der Waals surface area contributed by atoms with Crippen molar-refractivity contribution >= 4 is 18.0 Å². The Bertz CT molecular complexity index is 545. The second-order valence-electron chi connectivity index (χ2n) is 4.46. The monoisotopic (exact) mass is 261 g/mol. The lowest BCUT2D eigenvalue weighted by molar-refractivity contribution is -0.140. The van der Waals surface area contributed by atoms with Gasteiger partial charge in [0.2, 0.25) is 5.91 Å². The molecule has 1 aromatic rings. The minimum Gasteiger partial charge on any atom is -0.481 e. The number of aliphatic carboxylic acids is 1. The maximum Gasteiger partial charge on any atom is 0.310 e. The van der Waals surface area contributed by atoms with Crippen molar-refractivity contribution in [2.45, 2.75) is 12.5 Å². The molecule has 1 aliphatic carbocycles. The van der Waals surface area contributed by atoms with Gasteiger partial charge in [-0.3, -0.25) is 14.3 Å². The molecule has 0 saturated heterocycles. The number of nitrogens with zero attached hydrogens (tertiary/aromatic N) is 2. The summed E-state index contributed by atoms with van der Waals surface area (Å²) in [4.78, 5) is 22.4. The number of aromatic nitrogens is 2. The van der Waals surface area contributed by atoms with Gasteiger partial charge in [-0.1, -0.05) is 12.2 Å². The summed E-state index contributed by atoms with van der Waals surface area (Å²) in [6.45, 7) is 0. The van der Waals surface area contributed by atoms with E-state index in [0.29, 0.717) is 6.42 Å². The average Bonchev–Trinajstić information content (AvgIpc) is 2.96. The van der Waals surface area contributed by atoms with Crippen molar-refractivity contribution in [3.05, 3.63) is 36.2 Å². The molecule has 2 atom stereocenters. The molecule has 100 valence electrons. The van der Waals surface area contributed by atoms with Gasteiger partial charge >= 0.3 is 5.97 Å². The molecule has 6 nitrogen and oxygen atoms in total. The molecule has 19 heavy (non-hydrogen) atoms. The summed E-state index contributed by atoms with van der Waals surface area (Å²) in [7, 11) is 1.80. The number of amides is 1. The molecule has 6 heteroatoms. The van der Waals surface area contributed by atoms with Crippen LogP contribution in [0.1, 0.15) is 12.0 Å². The van der Waals surface area contributed by atoms with Gasteiger partial charge in [-0.25, -0.2) is 0 Å². The number of nitrogens with one attached hydrogen (secondary N) is 1. The summed E-state index contributed by atoms with van der Waals surface area (Å²) in [5.74, 6) is -1.61. The van der Waals surface area contributed by atoms with Crippen molar-refractivity contribution in [1.29, 1.82) is 0 Å². The van der Waals surface area contributed by atoms with Crippen LogP contribution in [0, 0.1) is 5.92 Å². The lowest BCUT2D eigenvalue weighted by Crippen LogP contribution is -2.31. The third kappa shape index (κ3) is 3.54. The first kappa shape index (κ1) is 13.1. The average molecular weight is 261 g/mol. The zero-order valence-electron chi connectivity index (χ0n) is 10.5. The minimum absolute atomic E-state index is 0.216. The summed E-state index contributed by atoms with van der Waals surface area (Å²) in [6, 6.07) is -0.216. The Morgan fingerprint density at radius 3 is 2.89 bits per heavy atom. The van der Waals surface area contributed by atoms with Crippen molar-refractivity contribution in [3.8, 4) is 0 Å². The molecule has 1 amide bonds. The standard InChI is InChI=1S/C13H15N3O3/c1-16-8-9(7-14-16)2-5-12(17)15-11-4-3-10(6-11)13(18)19/h2-5,7-8,10-11H,6H2,1H3,(H,15,17)(H,18,19). The maximum absolute atomic E-state index is 11.6. The predicted octanol–water partition coefficient (Wildman–Crippen LogP) is 0.579. The molecular formula is C13H15N3O3. The Morgan fingerprint density at radius 1 is 1.53 bits per heavy atom. The molecule has 0 bridgehead atoms. The molecule has 2 unspecified atom stereocenters. The summed E-state index contributed by atoms with van der Waals surface area (Å²) in [5.41, 5.74) is 0.836. The number of carbonyl (C=O) groups is 2. The molecule has 0 spiro atoms. The van der Waals surface area contributed by atoms with E-state index in [1.54, 1.807) is 42.4 Å². The van der Waals surface area contributed by atoms with Crippen molar-refractivity contribution in [2.75, 3.05) is 0 Å². The van der Waals surface area contributed by atoms with Crippen LogP contribution in [0.25, 0.3) is 6.08 Å². The third-order valence-corrected chi connectivity index (χ3v) is 2.88. The van der Waals surface area contributed by atoms with Gasteiger partial charge in [-0.05, 0) is 12.5 Å². The van der Waals surface area contributed by atoms with Gasteiger partial charge in [0.15, 0.2) is 0 Å². The van der Waals surface area contributed by atoms with Crippen LogP contribution in [0.4, 0.5) is 0 Å². The van der Waals surface area contributed by atoms with Crippen LogP contribution in [0.2, 0.25) is 0 Å². The summed E-state index contributed by atoms with van der Waals surface area (Å²) < 4.78 is 1.65. The molecule has 2 N–H and O–H groups in total. The van der Waals surface area contributed by atoms with Crippen molar-refractivity contribution < 1.29 is 14.7 Å². The second kappa shape index (κ2) is 5.51. The maximum atomic E-state index is 11.6. The summed E-state index contributed by atoms with van der Waals surface area (Å²) in [6.07, 6.45) is 10.3. The molecule has 0 fully saturated rings. The van der Waals surface area contributed by atoms with Crippen LogP contribution in [-0.4, -0.2) is 32.8 Å². The smallest absolute Gasteiger partial charge is 0.310 e. The summed E-state index contributed by atoms with van der Waals surface area (Å²) >= 11 is 0. The topological polar surface area (TPSA) is 84.2 Å². The van der Waals surface area contributed by atoms with Gasteiger partial charge in [0.05, 0.1) is 12.1 Å². The predicted molar refractivity (Wildman–Crippen MR) is 69.1 cm³/mol. The van der Waals surface area contributed by atoms with Crippen LogP contribution in [-0.2, 0) is 16.6 Å². The zero-order chi connectivity index (χ0) is 13.8. The number of carboxylic acids is 1. The number of carbonyl (C=O) groups excluding carboxylic acids is 1. The van der Waals surface area contributed by atoms with E-state index < -0.39 is 11.9 Å². The Balaban J connectivity index is 1.84. The Kier molecular flexibility index (Phi) is 3.79. The molecule has 1 aliphatic rings. The molecule has 1 heterocycles. The SMILES string of the molecule is Cn1cc(C=CC(=O)NC2C=CC(C(=O)O)C2)cn1. The fourth-order valence-electron chi connectivity index (χ4n) is 1.92. The number of rotatable bonds is 4. The highest BCUT2D eigenvalue weighted by Gasteiger charge is 2.24. The van der Waals surface area contributed by atoms with Crippen LogP contribution in [0.5, 0.6) is 0 Å². The summed E-state index contributed by atoms with van der Waals surface area (Å²) in [5, 5.41) is 15.6. The molecule has 0 radical (unpaired) electrons. The van der Waals surface area contributed by atoms with E-state index in [-0.39, 0.29) is 11.9 Å². The first-order valence-corrected chi connectivity index (χ1v) is 5.93. The van der Waals surface area contributed by atoms with Crippen LogP contribution < -0.4 is 5.32 Å². The van der Waals surface area contributed by atoms with Gasteiger partial charge in [-0.2, -0.15) is 5.10 Å². The minimum atomic E-state index is -0.862. The highest BCUT2D eigenvalue weighted by molar-refractivity contribution is 5.92. The van der Waals surface area contributed by atoms with E-state index in [2.05, 4.69) is 10.4 Å². The van der Waals surface area contributed by atoms with E-state index in [0.717, 1.165) is 5.56 Å². The number of hydrogen-bond acceptors (Lipinski definition) is 3. The molecule has 0 aliphatic heterocycles. The van der Waals surface area contributed by atoms with E-state index in [1.165, 1.54) is 6.08 Å². The van der Waals surface area contributed by atoms with Crippen LogP contribution >= 0.6 is 0 Å². The number of carboxylic acid groups (broad SMARTS) is 1. The van der Waals surface area contributed by atoms with E-state index in [9.17, 15) is 9.59 Å². The fraction of sp³-hybridized carbons (Fsp3) is 0.308. The van der Waals surface area contributed by atoms with Gasteiger partial charge < -0.3 is 10.4 Å². The van der Waals surface area contributed by atoms with Gasteiger partial charge in [0.1, 0.15) is 0 Å². The first-order valence-electron chi connectivity index (χ1n) is 5.93. The molecule has 1 aromatic heterocycles. The van der Waals surface area contributed by atoms with Crippen molar-refractivity contribution in [3.63, 3.8) is 0 Å². The Labute approximate surface area is 110 Å². The van der Waals surface area contributed by atoms with E-state index >= 15 is 0 Å². The highest BCUT2D eigenvalue weighted by Crippen LogP contribution is 2.17. The van der Waals surface area contributed by atoms with Crippen LogP contribution in [0.15, 0.2) is 30.6 Å². The van der Waals surface area contributed by atoms with Gasteiger partial charge in [0, 0.05) is 30.9 Å². The lowest BCUT2D eigenvalue weighted by Gasteiger charge is -2.09. The van der Waals surface area contributed by atoms with Gasteiger partial charge in [0.25, 0.3) is 0 Å². The molecular weight excluding hydrogens is 246 g/mol. The van der Waals surface area contributed by atoms with Crippen molar-refractivity contribution in [1.82, 2.24) is 15.1 Å². The molecule has 0 saturated carbocycles. The number of hydrogen-bond donors (Lipinski definition) is 2. The highest BCUT2D eigenvalue weighted by atomic mass is 16.4. The quantitative estimate of drug-likeness (QED) is 0.613. The third-order valence-electron chi connectivity index (χ3n) is 2.88. The number of aryl methyl sites for hydroxylation is 1. The lowest BCUT2D eigenvalue weighted by atomic mass is 10.1. The van der Waals surface area contributed by atoms with Crippen LogP contribution in [0.3, 0.4) is 0 Å². The Morgan fingerprint density at radius 2 is 2.32 bits per heavy atom. The van der Waals surface area contributed by atoms with E-state index in [1.807, 2.05) is 0 Å². The Hall–Kier alpha value is -2.37.